The van der Waals surface area contributed by atoms with Crippen molar-refractivity contribution in [2.75, 3.05) is 0 Å². The predicted molar refractivity (Wildman–Crippen MR) is 55.8 cm³/mol. The lowest BCUT2D eigenvalue weighted by Gasteiger charge is -1.95. The van der Waals surface area contributed by atoms with Crippen molar-refractivity contribution in [2.45, 2.75) is 13.5 Å². The summed E-state index contributed by atoms with van der Waals surface area (Å²) in [6, 6.07) is 7.67. The summed E-state index contributed by atoms with van der Waals surface area (Å²) in [6.45, 7) is 2.66. The van der Waals surface area contributed by atoms with Crippen molar-refractivity contribution in [1.29, 1.82) is 5.26 Å². The molecule has 2 heterocycles. The van der Waals surface area contributed by atoms with Crippen LogP contribution in [-0.2, 0) is 6.54 Å². The Balaban J connectivity index is 2.48. The number of pyridine rings is 1. The highest BCUT2D eigenvalue weighted by Crippen LogP contribution is 2.17. The molecule has 0 radical (unpaired) electrons. The molecule has 0 bridgehead atoms. The van der Waals surface area contributed by atoms with Crippen molar-refractivity contribution in [3.8, 4) is 17.3 Å². The maximum absolute atomic E-state index is 8.89. The molecule has 0 aliphatic rings. The molecule has 0 amide bonds. The molecule has 4 heteroatoms. The first kappa shape index (κ1) is 9.41. The zero-order chi connectivity index (χ0) is 10.7. The van der Waals surface area contributed by atoms with Gasteiger partial charge in [-0.15, -0.1) is 0 Å². The van der Waals surface area contributed by atoms with Crippen LogP contribution in [0.4, 0.5) is 0 Å². The molecular formula is C11H10N4. The summed E-state index contributed by atoms with van der Waals surface area (Å²) >= 11 is 0. The summed E-state index contributed by atoms with van der Waals surface area (Å²) in [7, 11) is 0. The summed E-state index contributed by atoms with van der Waals surface area (Å²) in [5.41, 5.74) is 2.38. The standard InChI is InChI=1S/C11H10N4/c1-2-15-10(8-12)7-11(14-15)9-3-5-13-6-4-9/h3-7H,2H2,1H3. The third-order valence-corrected chi connectivity index (χ3v) is 2.17. The van der Waals surface area contributed by atoms with Crippen LogP contribution in [0, 0.1) is 11.3 Å². The molecule has 0 fully saturated rings. The number of nitrogens with zero attached hydrogens (tertiary/aromatic N) is 4. The molecule has 15 heavy (non-hydrogen) atoms. The Morgan fingerprint density at radius 2 is 2.13 bits per heavy atom. The molecule has 0 N–H and O–H groups in total. The van der Waals surface area contributed by atoms with Crippen molar-refractivity contribution >= 4 is 0 Å². The van der Waals surface area contributed by atoms with E-state index in [1.807, 2.05) is 19.1 Å². The first-order valence-corrected chi connectivity index (χ1v) is 4.73. The van der Waals surface area contributed by atoms with E-state index in [2.05, 4.69) is 16.2 Å². The molecule has 2 rings (SSSR count). The predicted octanol–water partition coefficient (Wildman–Crippen LogP) is 1.84. The smallest absolute Gasteiger partial charge is 0.139 e. The molecule has 74 valence electrons. The van der Waals surface area contributed by atoms with Gasteiger partial charge in [-0.2, -0.15) is 10.4 Å². The maximum Gasteiger partial charge on any atom is 0.139 e. The van der Waals surface area contributed by atoms with Gasteiger partial charge in [0.25, 0.3) is 0 Å². The van der Waals surface area contributed by atoms with Gasteiger partial charge in [-0.3, -0.25) is 9.67 Å². The van der Waals surface area contributed by atoms with E-state index in [0.29, 0.717) is 12.2 Å². The van der Waals surface area contributed by atoms with Gasteiger partial charge in [0.1, 0.15) is 11.8 Å². The molecule has 4 nitrogen and oxygen atoms in total. The molecule has 0 aliphatic carbocycles. The number of nitriles is 1. The normalized spacial score (nSPS) is 9.87. The highest BCUT2D eigenvalue weighted by molar-refractivity contribution is 5.59. The summed E-state index contributed by atoms with van der Waals surface area (Å²) in [6.07, 6.45) is 3.43. The second kappa shape index (κ2) is 3.93. The second-order valence-electron chi connectivity index (χ2n) is 3.08. The Bertz CT molecular complexity index is 493. The van der Waals surface area contributed by atoms with Gasteiger partial charge in [0, 0.05) is 30.6 Å². The van der Waals surface area contributed by atoms with Crippen molar-refractivity contribution in [3.05, 3.63) is 36.3 Å². The Morgan fingerprint density at radius 3 is 2.67 bits per heavy atom. The van der Waals surface area contributed by atoms with E-state index in [0.717, 1.165) is 11.3 Å². The van der Waals surface area contributed by atoms with E-state index in [4.69, 9.17) is 5.26 Å². The molecule has 0 atom stereocenters. The van der Waals surface area contributed by atoms with Crippen LogP contribution in [0.25, 0.3) is 11.3 Å². The Labute approximate surface area is 87.8 Å². The molecule has 2 aromatic heterocycles. The fourth-order valence-electron chi connectivity index (χ4n) is 1.41. The van der Waals surface area contributed by atoms with Gasteiger partial charge in [-0.05, 0) is 19.1 Å². The van der Waals surface area contributed by atoms with Crippen LogP contribution in [0.5, 0.6) is 0 Å². The first-order chi connectivity index (χ1) is 7.35. The summed E-state index contributed by atoms with van der Waals surface area (Å²) in [5, 5.41) is 13.2. The van der Waals surface area contributed by atoms with Crippen LogP contribution in [0.1, 0.15) is 12.6 Å². The van der Waals surface area contributed by atoms with E-state index in [1.54, 1.807) is 23.1 Å². The highest BCUT2D eigenvalue weighted by Gasteiger charge is 2.07. The fraction of sp³-hybridized carbons (Fsp3) is 0.182. The van der Waals surface area contributed by atoms with Crippen LogP contribution in [-0.4, -0.2) is 14.8 Å². The zero-order valence-electron chi connectivity index (χ0n) is 8.38. The van der Waals surface area contributed by atoms with Crippen LogP contribution in [0.2, 0.25) is 0 Å². The minimum absolute atomic E-state index is 0.587. The van der Waals surface area contributed by atoms with Crippen LogP contribution >= 0.6 is 0 Å². The van der Waals surface area contributed by atoms with E-state index >= 15 is 0 Å². The third kappa shape index (κ3) is 1.72. The summed E-state index contributed by atoms with van der Waals surface area (Å²) in [5.74, 6) is 0. The lowest BCUT2D eigenvalue weighted by atomic mass is 10.2. The van der Waals surface area contributed by atoms with Gasteiger partial charge in [0.05, 0.1) is 5.69 Å². The van der Waals surface area contributed by atoms with Crippen LogP contribution in [0.3, 0.4) is 0 Å². The lowest BCUT2D eigenvalue weighted by Crippen LogP contribution is -1.99. The van der Waals surface area contributed by atoms with E-state index in [9.17, 15) is 0 Å². The largest absolute Gasteiger partial charge is 0.265 e. The lowest BCUT2D eigenvalue weighted by molar-refractivity contribution is 0.653. The first-order valence-electron chi connectivity index (χ1n) is 4.73. The molecule has 2 aromatic rings. The second-order valence-corrected chi connectivity index (χ2v) is 3.08. The molecule has 0 saturated carbocycles. The topological polar surface area (TPSA) is 54.5 Å². The number of aromatic nitrogens is 3. The van der Waals surface area contributed by atoms with Gasteiger partial charge >= 0.3 is 0 Å². The van der Waals surface area contributed by atoms with Gasteiger partial charge in [-0.25, -0.2) is 0 Å². The van der Waals surface area contributed by atoms with Crippen LogP contribution < -0.4 is 0 Å². The summed E-state index contributed by atoms with van der Waals surface area (Å²) < 4.78 is 1.69. The van der Waals surface area contributed by atoms with Crippen molar-refractivity contribution in [3.63, 3.8) is 0 Å². The van der Waals surface area contributed by atoms with Crippen molar-refractivity contribution < 1.29 is 0 Å². The van der Waals surface area contributed by atoms with Gasteiger partial charge in [-0.1, -0.05) is 0 Å². The molecule has 0 saturated heterocycles. The summed E-state index contributed by atoms with van der Waals surface area (Å²) in [4.78, 5) is 3.94. The van der Waals surface area contributed by atoms with Gasteiger partial charge < -0.3 is 0 Å². The number of aryl methyl sites for hydroxylation is 1. The maximum atomic E-state index is 8.89. The average molecular weight is 198 g/mol. The molecule has 0 aliphatic heterocycles. The highest BCUT2D eigenvalue weighted by atomic mass is 15.3. The van der Waals surface area contributed by atoms with E-state index < -0.39 is 0 Å². The molecular weight excluding hydrogens is 188 g/mol. The Morgan fingerprint density at radius 1 is 1.40 bits per heavy atom. The average Bonchev–Trinajstić information content (AvgIpc) is 2.73. The van der Waals surface area contributed by atoms with E-state index in [-0.39, 0.29) is 0 Å². The fourth-order valence-corrected chi connectivity index (χ4v) is 1.41. The monoisotopic (exact) mass is 198 g/mol. The van der Waals surface area contributed by atoms with Gasteiger partial charge in [0.15, 0.2) is 0 Å². The zero-order valence-corrected chi connectivity index (χ0v) is 8.38. The van der Waals surface area contributed by atoms with Crippen molar-refractivity contribution in [2.24, 2.45) is 0 Å². The number of rotatable bonds is 2. The molecule has 0 unspecified atom stereocenters. The van der Waals surface area contributed by atoms with E-state index in [1.165, 1.54) is 0 Å². The number of hydrogen-bond acceptors (Lipinski definition) is 3. The minimum Gasteiger partial charge on any atom is -0.265 e. The Hall–Kier alpha value is -2.15. The molecule has 0 aromatic carbocycles. The van der Waals surface area contributed by atoms with Gasteiger partial charge in [0.2, 0.25) is 0 Å². The molecule has 0 spiro atoms. The SMILES string of the molecule is CCn1nc(-c2ccncc2)cc1C#N. The minimum atomic E-state index is 0.587. The van der Waals surface area contributed by atoms with Crippen molar-refractivity contribution in [1.82, 2.24) is 14.8 Å². The number of hydrogen-bond donors (Lipinski definition) is 0. The third-order valence-electron chi connectivity index (χ3n) is 2.17. The Kier molecular flexibility index (Phi) is 2.46. The quantitative estimate of drug-likeness (QED) is 0.739. The van der Waals surface area contributed by atoms with Crippen LogP contribution in [0.15, 0.2) is 30.6 Å².